The third-order valence-corrected chi connectivity index (χ3v) is 6.97. The van der Waals surface area contributed by atoms with Crippen LogP contribution in [0.15, 0.2) is 4.47 Å². The van der Waals surface area contributed by atoms with E-state index in [4.69, 9.17) is 0 Å². The lowest BCUT2D eigenvalue weighted by atomic mass is 9.67. The van der Waals surface area contributed by atoms with Gasteiger partial charge in [-0.05, 0) is 59.4 Å². The Morgan fingerprint density at radius 2 is 2.00 bits per heavy atom. The number of nitrogens with zero attached hydrogens (tertiary/aromatic N) is 2. The van der Waals surface area contributed by atoms with E-state index in [0.717, 1.165) is 24.0 Å². The van der Waals surface area contributed by atoms with Crippen LogP contribution in [0.4, 0.5) is 0 Å². The lowest BCUT2D eigenvalue weighted by molar-refractivity contribution is 0.144. The summed E-state index contributed by atoms with van der Waals surface area (Å²) < 4.78 is 3.22. The molecule has 0 bridgehead atoms. The van der Waals surface area contributed by atoms with Crippen molar-refractivity contribution in [1.82, 2.24) is 9.78 Å². The van der Waals surface area contributed by atoms with Crippen LogP contribution in [0, 0.1) is 24.2 Å². The molecule has 1 heterocycles. The predicted octanol–water partition coefficient (Wildman–Crippen LogP) is 5.26. The van der Waals surface area contributed by atoms with Crippen molar-refractivity contribution < 1.29 is 0 Å². The van der Waals surface area contributed by atoms with Gasteiger partial charge in [-0.1, -0.05) is 43.1 Å². The Balaban J connectivity index is 2.18. The Hall–Kier alpha value is 0.170. The first-order chi connectivity index (χ1) is 9.22. The third-order valence-electron chi connectivity index (χ3n) is 4.92. The fraction of sp³-hybridized carbons (Fsp3) is 0.812. The minimum atomic E-state index is 0.289. The SMILES string of the molecule is Cc1nn(C)c(CC(C)(C)C2CCC(C)CC2Br)c1Br. The number of halogens is 2. The quantitative estimate of drug-likeness (QED) is 0.627. The van der Waals surface area contributed by atoms with Gasteiger partial charge in [0.15, 0.2) is 0 Å². The molecule has 0 N–H and O–H groups in total. The van der Waals surface area contributed by atoms with E-state index in [-0.39, 0.29) is 5.41 Å². The lowest BCUT2D eigenvalue weighted by Crippen LogP contribution is -2.37. The lowest BCUT2D eigenvalue weighted by Gasteiger charge is -2.42. The van der Waals surface area contributed by atoms with Crippen LogP contribution < -0.4 is 0 Å². The molecule has 0 saturated heterocycles. The first kappa shape index (κ1) is 16.5. The highest BCUT2D eigenvalue weighted by Gasteiger charge is 2.38. The molecular formula is C16H26Br2N2. The van der Waals surface area contributed by atoms with E-state index in [2.05, 4.69) is 71.7 Å². The fourth-order valence-electron chi connectivity index (χ4n) is 3.63. The van der Waals surface area contributed by atoms with Crippen molar-refractivity contribution in [3.05, 3.63) is 15.9 Å². The minimum absolute atomic E-state index is 0.289. The summed E-state index contributed by atoms with van der Waals surface area (Å²) in [6, 6.07) is 0. The number of rotatable bonds is 3. The second kappa shape index (κ2) is 6.12. The number of aryl methyl sites for hydroxylation is 2. The van der Waals surface area contributed by atoms with E-state index >= 15 is 0 Å². The van der Waals surface area contributed by atoms with Crippen LogP contribution in [0.1, 0.15) is 51.4 Å². The van der Waals surface area contributed by atoms with Crippen LogP contribution in [-0.4, -0.2) is 14.6 Å². The summed E-state index contributed by atoms with van der Waals surface area (Å²) in [6.07, 6.45) is 5.08. The Morgan fingerprint density at radius 3 is 2.50 bits per heavy atom. The molecule has 0 aliphatic heterocycles. The second-order valence-corrected chi connectivity index (χ2v) is 9.14. The van der Waals surface area contributed by atoms with Crippen molar-refractivity contribution in [2.75, 3.05) is 0 Å². The fourth-order valence-corrected chi connectivity index (χ4v) is 5.72. The van der Waals surface area contributed by atoms with Gasteiger partial charge in [0.1, 0.15) is 0 Å². The molecule has 1 aliphatic rings. The predicted molar refractivity (Wildman–Crippen MR) is 92.4 cm³/mol. The highest BCUT2D eigenvalue weighted by molar-refractivity contribution is 9.10. The molecule has 2 rings (SSSR count). The van der Waals surface area contributed by atoms with Crippen LogP contribution in [-0.2, 0) is 13.5 Å². The molecule has 4 heteroatoms. The first-order valence-electron chi connectivity index (χ1n) is 7.54. The maximum Gasteiger partial charge on any atom is 0.0738 e. The van der Waals surface area contributed by atoms with Gasteiger partial charge in [-0.15, -0.1) is 0 Å². The Labute approximate surface area is 140 Å². The molecule has 1 aliphatic carbocycles. The summed E-state index contributed by atoms with van der Waals surface area (Å²) in [5.41, 5.74) is 2.70. The zero-order valence-electron chi connectivity index (χ0n) is 13.2. The molecule has 0 aromatic carbocycles. The van der Waals surface area contributed by atoms with E-state index in [9.17, 15) is 0 Å². The maximum atomic E-state index is 4.53. The summed E-state index contributed by atoms with van der Waals surface area (Å²) in [5.74, 6) is 1.60. The van der Waals surface area contributed by atoms with Crippen LogP contribution in [0.5, 0.6) is 0 Å². The Kier molecular flexibility index (Phi) is 5.06. The first-order valence-corrected chi connectivity index (χ1v) is 9.25. The van der Waals surface area contributed by atoms with Crippen molar-refractivity contribution in [3.8, 4) is 0 Å². The van der Waals surface area contributed by atoms with Gasteiger partial charge in [0.2, 0.25) is 0 Å². The molecule has 0 amide bonds. The monoisotopic (exact) mass is 404 g/mol. The average Bonchev–Trinajstić information content (AvgIpc) is 2.55. The minimum Gasteiger partial charge on any atom is -0.271 e. The Morgan fingerprint density at radius 1 is 1.35 bits per heavy atom. The molecule has 3 atom stereocenters. The number of aromatic nitrogens is 2. The highest BCUT2D eigenvalue weighted by atomic mass is 79.9. The van der Waals surface area contributed by atoms with E-state index in [0.29, 0.717) is 4.83 Å². The second-order valence-electron chi connectivity index (χ2n) is 7.18. The van der Waals surface area contributed by atoms with E-state index in [1.807, 2.05) is 4.68 Å². The van der Waals surface area contributed by atoms with Gasteiger partial charge in [-0.3, -0.25) is 4.68 Å². The van der Waals surface area contributed by atoms with Crippen molar-refractivity contribution in [3.63, 3.8) is 0 Å². The van der Waals surface area contributed by atoms with Gasteiger partial charge in [0, 0.05) is 11.9 Å². The van der Waals surface area contributed by atoms with Gasteiger partial charge in [0.05, 0.1) is 15.9 Å². The van der Waals surface area contributed by atoms with Gasteiger partial charge in [0.25, 0.3) is 0 Å². The molecule has 20 heavy (non-hydrogen) atoms. The van der Waals surface area contributed by atoms with Crippen LogP contribution >= 0.6 is 31.9 Å². The maximum absolute atomic E-state index is 4.53. The number of alkyl halides is 1. The molecule has 1 aromatic rings. The molecule has 1 aromatic heterocycles. The van der Waals surface area contributed by atoms with Crippen LogP contribution in [0.25, 0.3) is 0 Å². The molecule has 0 radical (unpaired) electrons. The summed E-state index contributed by atoms with van der Waals surface area (Å²) in [7, 11) is 2.05. The molecule has 3 unspecified atom stereocenters. The van der Waals surface area contributed by atoms with Crippen molar-refractivity contribution in [2.24, 2.45) is 24.3 Å². The van der Waals surface area contributed by atoms with Gasteiger partial charge >= 0.3 is 0 Å². The molecular weight excluding hydrogens is 380 g/mol. The highest BCUT2D eigenvalue weighted by Crippen LogP contribution is 2.45. The van der Waals surface area contributed by atoms with E-state index in [1.165, 1.54) is 29.4 Å². The average molecular weight is 406 g/mol. The van der Waals surface area contributed by atoms with Gasteiger partial charge < -0.3 is 0 Å². The molecule has 2 nitrogen and oxygen atoms in total. The van der Waals surface area contributed by atoms with Gasteiger partial charge in [-0.25, -0.2) is 0 Å². The number of hydrogen-bond donors (Lipinski definition) is 0. The summed E-state index contributed by atoms with van der Waals surface area (Å²) >= 11 is 7.66. The van der Waals surface area contributed by atoms with Crippen molar-refractivity contribution >= 4 is 31.9 Å². The van der Waals surface area contributed by atoms with E-state index < -0.39 is 0 Å². The largest absolute Gasteiger partial charge is 0.271 e. The molecule has 1 fully saturated rings. The summed E-state index contributed by atoms with van der Waals surface area (Å²) in [6.45, 7) is 9.27. The van der Waals surface area contributed by atoms with Crippen molar-refractivity contribution in [1.29, 1.82) is 0 Å². The van der Waals surface area contributed by atoms with Gasteiger partial charge in [-0.2, -0.15) is 5.10 Å². The van der Waals surface area contributed by atoms with E-state index in [1.54, 1.807) is 0 Å². The van der Waals surface area contributed by atoms with Crippen LogP contribution in [0.2, 0.25) is 0 Å². The summed E-state index contributed by atoms with van der Waals surface area (Å²) in [4.78, 5) is 0.648. The zero-order chi connectivity index (χ0) is 15.1. The standard InChI is InChI=1S/C16H26Br2N2/c1-10-6-7-12(13(17)8-10)16(3,4)9-14-15(18)11(2)19-20(14)5/h10,12-13H,6-9H2,1-5H3. The topological polar surface area (TPSA) is 17.8 Å². The summed E-state index contributed by atoms with van der Waals surface area (Å²) in [5, 5.41) is 4.53. The number of hydrogen-bond acceptors (Lipinski definition) is 1. The normalized spacial score (nSPS) is 27.9. The molecule has 114 valence electrons. The van der Waals surface area contributed by atoms with Crippen LogP contribution in [0.3, 0.4) is 0 Å². The zero-order valence-corrected chi connectivity index (χ0v) is 16.4. The van der Waals surface area contributed by atoms with Crippen molar-refractivity contribution in [2.45, 2.75) is 58.2 Å². The smallest absolute Gasteiger partial charge is 0.0738 e. The Bertz CT molecular complexity index is 479. The third kappa shape index (κ3) is 3.32. The molecule has 1 saturated carbocycles. The molecule has 0 spiro atoms.